The van der Waals surface area contributed by atoms with E-state index in [0.29, 0.717) is 6.42 Å². The number of benzene rings is 1. The van der Waals surface area contributed by atoms with Gasteiger partial charge in [0.05, 0.1) is 15.1 Å². The van der Waals surface area contributed by atoms with Gasteiger partial charge in [-0.2, -0.15) is 0 Å². The van der Waals surface area contributed by atoms with Gasteiger partial charge in [-0.15, -0.1) is 0 Å². The fourth-order valence-electron chi connectivity index (χ4n) is 1.79. The van der Waals surface area contributed by atoms with Crippen molar-refractivity contribution in [1.82, 2.24) is 5.32 Å². The van der Waals surface area contributed by atoms with E-state index in [2.05, 4.69) is 5.32 Å². The zero-order chi connectivity index (χ0) is 17.7. The third-order valence-corrected chi connectivity index (χ3v) is 4.44. The molecule has 0 bridgehead atoms. The topological polar surface area (TPSA) is 75.6 Å². The highest BCUT2D eigenvalue weighted by Gasteiger charge is 2.28. The van der Waals surface area contributed by atoms with Gasteiger partial charge < -0.3 is 15.2 Å². The largest absolute Gasteiger partial charge is 0.480 e. The van der Waals surface area contributed by atoms with Crippen LogP contribution in [0.3, 0.4) is 0 Å². The molecule has 0 unspecified atom stereocenters. The Kier molecular flexibility index (Phi) is 7.45. The summed E-state index contributed by atoms with van der Waals surface area (Å²) in [7, 11) is 0. The Morgan fingerprint density at radius 3 is 2.26 bits per heavy atom. The molecule has 3 atom stereocenters. The number of halogens is 3. The van der Waals surface area contributed by atoms with Crippen LogP contribution in [0.5, 0.6) is 5.75 Å². The van der Waals surface area contributed by atoms with Crippen LogP contribution in [0.25, 0.3) is 0 Å². The minimum atomic E-state index is -1.09. The number of ether oxygens (including phenoxy) is 1. The molecule has 0 spiro atoms. The van der Waals surface area contributed by atoms with Crippen LogP contribution in [0, 0.1) is 5.92 Å². The van der Waals surface area contributed by atoms with Crippen LogP contribution >= 0.6 is 34.8 Å². The summed E-state index contributed by atoms with van der Waals surface area (Å²) >= 11 is 17.7. The van der Waals surface area contributed by atoms with Crippen LogP contribution < -0.4 is 10.1 Å². The van der Waals surface area contributed by atoms with Crippen LogP contribution in [0.2, 0.25) is 15.1 Å². The average molecular weight is 383 g/mol. The van der Waals surface area contributed by atoms with Crippen LogP contribution in [0.15, 0.2) is 12.1 Å². The van der Waals surface area contributed by atoms with E-state index in [1.165, 1.54) is 19.1 Å². The van der Waals surface area contributed by atoms with Gasteiger partial charge in [-0.1, -0.05) is 55.1 Å². The number of hydrogen-bond donors (Lipinski definition) is 2. The number of carbonyl (C=O) groups excluding carboxylic acids is 1. The minimum absolute atomic E-state index is 0.194. The lowest BCUT2D eigenvalue weighted by atomic mass is 9.99. The Bertz CT molecular complexity index is 594. The molecule has 0 aliphatic heterocycles. The zero-order valence-corrected chi connectivity index (χ0v) is 15.2. The molecule has 128 valence electrons. The van der Waals surface area contributed by atoms with Crippen molar-refractivity contribution in [1.29, 1.82) is 0 Å². The highest BCUT2D eigenvalue weighted by atomic mass is 35.5. The Hall–Kier alpha value is -1.17. The normalized spacial score (nSPS) is 14.7. The first-order valence-electron chi connectivity index (χ1n) is 7.01. The van der Waals surface area contributed by atoms with Gasteiger partial charge in [0.15, 0.2) is 6.10 Å². The summed E-state index contributed by atoms with van der Waals surface area (Å²) in [6.07, 6.45) is -0.332. The van der Waals surface area contributed by atoms with Gasteiger partial charge in [0.1, 0.15) is 11.8 Å². The molecule has 5 nitrogen and oxygen atoms in total. The van der Waals surface area contributed by atoms with E-state index in [-0.39, 0.29) is 26.7 Å². The molecule has 0 aromatic heterocycles. The van der Waals surface area contributed by atoms with Crippen LogP contribution in [-0.2, 0) is 9.59 Å². The molecule has 0 saturated heterocycles. The van der Waals surface area contributed by atoms with E-state index >= 15 is 0 Å². The molecule has 0 aliphatic rings. The van der Waals surface area contributed by atoms with Crippen molar-refractivity contribution in [2.75, 3.05) is 0 Å². The second kappa shape index (κ2) is 8.62. The van der Waals surface area contributed by atoms with Gasteiger partial charge in [0.2, 0.25) is 0 Å². The van der Waals surface area contributed by atoms with Gasteiger partial charge in [-0.05, 0) is 18.9 Å². The molecule has 1 aromatic rings. The first-order chi connectivity index (χ1) is 10.7. The second-order valence-electron chi connectivity index (χ2n) is 5.17. The number of carbonyl (C=O) groups is 2. The predicted molar refractivity (Wildman–Crippen MR) is 90.6 cm³/mol. The summed E-state index contributed by atoms with van der Waals surface area (Å²) in [4.78, 5) is 23.4. The summed E-state index contributed by atoms with van der Waals surface area (Å²) in [6.45, 7) is 5.09. The molecule has 0 radical (unpaired) electrons. The summed E-state index contributed by atoms with van der Waals surface area (Å²) in [5.41, 5.74) is 0. The standard InChI is InChI=1S/C15H18Cl3NO4/c1-4-7(2)13(15(21)22)19-14(20)8(3)23-12-6-10(17)9(16)5-11(12)18/h5-8,13H,4H2,1-3H3,(H,19,20)(H,21,22)/t7-,8+,13-/m0/s1. The molecule has 0 fully saturated rings. The number of carboxylic acid groups (broad SMARTS) is 1. The predicted octanol–water partition coefficient (Wildman–Crippen LogP) is 4.03. The van der Waals surface area contributed by atoms with Crippen molar-refractivity contribution in [2.45, 2.75) is 39.3 Å². The van der Waals surface area contributed by atoms with E-state index in [4.69, 9.17) is 39.5 Å². The Labute approximate surface area is 149 Å². The molecule has 0 aliphatic carbocycles. The highest BCUT2D eigenvalue weighted by Crippen LogP contribution is 2.34. The molecule has 0 saturated carbocycles. The number of nitrogens with one attached hydrogen (secondary N) is 1. The summed E-state index contributed by atoms with van der Waals surface area (Å²) in [6, 6.07) is 1.83. The number of hydrogen-bond acceptors (Lipinski definition) is 3. The molecule has 0 heterocycles. The lowest BCUT2D eigenvalue weighted by molar-refractivity contribution is -0.144. The number of amides is 1. The van der Waals surface area contributed by atoms with E-state index in [0.717, 1.165) is 0 Å². The van der Waals surface area contributed by atoms with Crippen molar-refractivity contribution >= 4 is 46.7 Å². The van der Waals surface area contributed by atoms with Gasteiger partial charge in [0.25, 0.3) is 5.91 Å². The first kappa shape index (κ1) is 19.9. The van der Waals surface area contributed by atoms with Crippen molar-refractivity contribution in [3.05, 3.63) is 27.2 Å². The quantitative estimate of drug-likeness (QED) is 0.698. The van der Waals surface area contributed by atoms with Gasteiger partial charge in [0, 0.05) is 6.07 Å². The summed E-state index contributed by atoms with van der Waals surface area (Å²) in [5, 5.41) is 12.4. The Morgan fingerprint density at radius 1 is 1.17 bits per heavy atom. The first-order valence-corrected chi connectivity index (χ1v) is 8.15. The van der Waals surface area contributed by atoms with E-state index in [9.17, 15) is 14.7 Å². The fraction of sp³-hybridized carbons (Fsp3) is 0.467. The molecule has 1 rings (SSSR count). The highest BCUT2D eigenvalue weighted by molar-refractivity contribution is 6.43. The van der Waals surface area contributed by atoms with Crippen molar-refractivity contribution in [3.63, 3.8) is 0 Å². The maximum absolute atomic E-state index is 12.1. The van der Waals surface area contributed by atoms with Gasteiger partial charge in [-0.25, -0.2) is 4.79 Å². The molecule has 1 amide bonds. The fourth-order valence-corrected chi connectivity index (χ4v) is 2.37. The maximum atomic E-state index is 12.1. The Morgan fingerprint density at radius 2 is 1.74 bits per heavy atom. The molecule has 2 N–H and O–H groups in total. The zero-order valence-electron chi connectivity index (χ0n) is 12.9. The smallest absolute Gasteiger partial charge is 0.326 e. The van der Waals surface area contributed by atoms with Crippen molar-refractivity contribution < 1.29 is 19.4 Å². The van der Waals surface area contributed by atoms with Crippen LogP contribution in [0.1, 0.15) is 27.2 Å². The number of aliphatic carboxylic acids is 1. The van der Waals surface area contributed by atoms with Crippen LogP contribution in [0.4, 0.5) is 0 Å². The van der Waals surface area contributed by atoms with E-state index < -0.39 is 24.0 Å². The minimum Gasteiger partial charge on any atom is -0.480 e. The Balaban J connectivity index is 2.81. The lowest BCUT2D eigenvalue weighted by Crippen LogP contribution is -2.49. The number of rotatable bonds is 7. The SMILES string of the molecule is CC[C@H](C)[C@H](NC(=O)[C@@H](C)Oc1cc(Cl)c(Cl)cc1Cl)C(=O)O. The lowest BCUT2D eigenvalue weighted by Gasteiger charge is -2.23. The average Bonchev–Trinajstić information content (AvgIpc) is 2.48. The molecule has 23 heavy (non-hydrogen) atoms. The molecule has 1 aromatic carbocycles. The van der Waals surface area contributed by atoms with Gasteiger partial charge in [-0.3, -0.25) is 4.79 Å². The van der Waals surface area contributed by atoms with Gasteiger partial charge >= 0.3 is 5.97 Å². The third kappa shape index (κ3) is 5.44. The third-order valence-electron chi connectivity index (χ3n) is 3.42. The maximum Gasteiger partial charge on any atom is 0.326 e. The molecular weight excluding hydrogens is 365 g/mol. The van der Waals surface area contributed by atoms with E-state index in [1.54, 1.807) is 6.92 Å². The van der Waals surface area contributed by atoms with Crippen molar-refractivity contribution in [3.8, 4) is 5.75 Å². The summed E-state index contributed by atoms with van der Waals surface area (Å²) in [5.74, 6) is -1.66. The van der Waals surface area contributed by atoms with Crippen molar-refractivity contribution in [2.24, 2.45) is 5.92 Å². The molecule has 8 heteroatoms. The summed E-state index contributed by atoms with van der Waals surface area (Å²) < 4.78 is 5.46. The monoisotopic (exact) mass is 381 g/mol. The second-order valence-corrected chi connectivity index (χ2v) is 6.39. The van der Waals surface area contributed by atoms with Crippen LogP contribution in [-0.4, -0.2) is 29.1 Å². The number of carboxylic acids is 1. The van der Waals surface area contributed by atoms with E-state index in [1.807, 2.05) is 6.92 Å². The molecular formula is C15H18Cl3NO4.